The van der Waals surface area contributed by atoms with E-state index in [1.807, 2.05) is 38.1 Å². The van der Waals surface area contributed by atoms with Gasteiger partial charge in [0.1, 0.15) is 0 Å². The highest BCUT2D eigenvalue weighted by molar-refractivity contribution is 6.02. The molecule has 6 heteroatoms. The van der Waals surface area contributed by atoms with Crippen LogP contribution in [0.1, 0.15) is 34.8 Å². The molecule has 2 aromatic carbocycles. The van der Waals surface area contributed by atoms with Crippen LogP contribution in [0.15, 0.2) is 53.6 Å². The summed E-state index contributed by atoms with van der Waals surface area (Å²) in [5, 5.41) is 14.8. The summed E-state index contributed by atoms with van der Waals surface area (Å²) in [5.41, 5.74) is 5.62. The molecule has 118 valence electrons. The van der Waals surface area contributed by atoms with Crippen LogP contribution < -0.4 is 5.43 Å². The Kier molecular flexibility index (Phi) is 5.19. The molecule has 0 bridgehead atoms. The predicted octanol–water partition coefficient (Wildman–Crippen LogP) is 3.45. The minimum atomic E-state index is -0.508. The fraction of sp³-hybridized carbons (Fsp3) is 0.176. The number of hydrogen-bond acceptors (Lipinski definition) is 4. The van der Waals surface area contributed by atoms with E-state index < -0.39 is 10.8 Å². The Labute approximate surface area is 134 Å². The molecule has 1 N–H and O–H groups in total. The number of amides is 1. The van der Waals surface area contributed by atoms with E-state index in [2.05, 4.69) is 10.5 Å². The molecule has 0 aliphatic carbocycles. The van der Waals surface area contributed by atoms with Crippen LogP contribution in [0.4, 0.5) is 5.69 Å². The van der Waals surface area contributed by atoms with E-state index in [4.69, 9.17) is 0 Å². The molecule has 0 radical (unpaired) electrons. The Hall–Kier alpha value is -3.02. The lowest BCUT2D eigenvalue weighted by Crippen LogP contribution is -2.20. The summed E-state index contributed by atoms with van der Waals surface area (Å²) in [6, 6.07) is 13.3. The minimum absolute atomic E-state index is 0.0565. The molecule has 2 rings (SSSR count). The Morgan fingerprint density at radius 2 is 1.65 bits per heavy atom. The summed E-state index contributed by atoms with van der Waals surface area (Å²) in [6.07, 6.45) is 0.670. The summed E-state index contributed by atoms with van der Waals surface area (Å²) in [7, 11) is 0. The lowest BCUT2D eigenvalue weighted by atomic mass is 10.1. The Balaban J connectivity index is 2.11. The maximum Gasteiger partial charge on any atom is 0.271 e. The van der Waals surface area contributed by atoms with Crippen molar-refractivity contribution in [3.63, 3.8) is 0 Å². The molecule has 2 aromatic rings. The third-order valence-corrected chi connectivity index (χ3v) is 3.35. The molecule has 1 amide bonds. The molecule has 0 saturated carbocycles. The van der Waals surface area contributed by atoms with Crippen LogP contribution in [0.2, 0.25) is 0 Å². The molecule has 0 fully saturated rings. The second-order valence-electron chi connectivity index (χ2n) is 5.02. The first kappa shape index (κ1) is 16.4. The first-order valence-electron chi connectivity index (χ1n) is 7.19. The second kappa shape index (κ2) is 7.31. The van der Waals surface area contributed by atoms with Gasteiger partial charge >= 0.3 is 0 Å². The van der Waals surface area contributed by atoms with E-state index in [0.717, 1.165) is 16.8 Å². The SMILES string of the molecule is CCC(=NNC(=O)c1ccc([N+](=O)[O-])cc1)c1ccc(C)cc1. The van der Waals surface area contributed by atoms with Gasteiger partial charge in [0.05, 0.1) is 10.6 Å². The van der Waals surface area contributed by atoms with Crippen LogP contribution in [-0.4, -0.2) is 16.5 Å². The number of nitrogens with zero attached hydrogens (tertiary/aromatic N) is 2. The Bertz CT molecular complexity index is 735. The monoisotopic (exact) mass is 311 g/mol. The minimum Gasteiger partial charge on any atom is -0.267 e. The number of hydrazone groups is 1. The molecular formula is C17H17N3O3. The van der Waals surface area contributed by atoms with Crippen molar-refractivity contribution in [1.29, 1.82) is 0 Å². The molecule has 0 heterocycles. The van der Waals surface area contributed by atoms with E-state index in [1.54, 1.807) is 0 Å². The molecule has 0 atom stereocenters. The van der Waals surface area contributed by atoms with Crippen LogP contribution in [-0.2, 0) is 0 Å². The number of non-ortho nitro benzene ring substituents is 1. The highest BCUT2D eigenvalue weighted by Gasteiger charge is 2.09. The number of hydrogen-bond donors (Lipinski definition) is 1. The number of nitro groups is 1. The molecular weight excluding hydrogens is 294 g/mol. The first-order valence-corrected chi connectivity index (χ1v) is 7.19. The van der Waals surface area contributed by atoms with Crippen molar-refractivity contribution in [1.82, 2.24) is 5.43 Å². The van der Waals surface area contributed by atoms with Crippen molar-refractivity contribution in [2.45, 2.75) is 20.3 Å². The topological polar surface area (TPSA) is 84.6 Å². The van der Waals surface area contributed by atoms with Gasteiger partial charge in [-0.2, -0.15) is 5.10 Å². The molecule has 23 heavy (non-hydrogen) atoms. The van der Waals surface area contributed by atoms with Crippen LogP contribution in [0.3, 0.4) is 0 Å². The third kappa shape index (κ3) is 4.23. The van der Waals surface area contributed by atoms with Gasteiger partial charge in [-0.05, 0) is 31.0 Å². The lowest BCUT2D eigenvalue weighted by Gasteiger charge is -2.06. The van der Waals surface area contributed by atoms with Gasteiger partial charge in [-0.25, -0.2) is 5.43 Å². The largest absolute Gasteiger partial charge is 0.271 e. The number of benzene rings is 2. The highest BCUT2D eigenvalue weighted by atomic mass is 16.6. The molecule has 6 nitrogen and oxygen atoms in total. The van der Waals surface area contributed by atoms with Gasteiger partial charge in [0.2, 0.25) is 0 Å². The Morgan fingerprint density at radius 1 is 1.09 bits per heavy atom. The highest BCUT2D eigenvalue weighted by Crippen LogP contribution is 2.12. The van der Waals surface area contributed by atoms with Crippen molar-refractivity contribution in [2.24, 2.45) is 5.10 Å². The number of nitro benzene ring substituents is 1. The predicted molar refractivity (Wildman–Crippen MR) is 88.6 cm³/mol. The number of aryl methyl sites for hydroxylation is 1. The molecule has 0 spiro atoms. The number of carbonyl (C=O) groups is 1. The second-order valence-corrected chi connectivity index (χ2v) is 5.02. The zero-order valence-corrected chi connectivity index (χ0v) is 12.9. The zero-order valence-electron chi connectivity index (χ0n) is 12.9. The lowest BCUT2D eigenvalue weighted by molar-refractivity contribution is -0.384. The summed E-state index contributed by atoms with van der Waals surface area (Å²) < 4.78 is 0. The van der Waals surface area contributed by atoms with Crippen LogP contribution in [0.25, 0.3) is 0 Å². The summed E-state index contributed by atoms with van der Waals surface area (Å²) >= 11 is 0. The molecule has 0 aromatic heterocycles. The van der Waals surface area contributed by atoms with Crippen molar-refractivity contribution < 1.29 is 9.72 Å². The summed E-state index contributed by atoms with van der Waals surface area (Å²) in [4.78, 5) is 22.1. The van der Waals surface area contributed by atoms with Crippen LogP contribution >= 0.6 is 0 Å². The van der Waals surface area contributed by atoms with Gasteiger partial charge < -0.3 is 0 Å². The maximum absolute atomic E-state index is 12.0. The fourth-order valence-corrected chi connectivity index (χ4v) is 2.01. The van der Waals surface area contributed by atoms with Gasteiger partial charge in [0.15, 0.2) is 0 Å². The third-order valence-electron chi connectivity index (χ3n) is 3.35. The van der Waals surface area contributed by atoms with Crippen molar-refractivity contribution in [2.75, 3.05) is 0 Å². The zero-order chi connectivity index (χ0) is 16.8. The smallest absolute Gasteiger partial charge is 0.267 e. The number of carbonyl (C=O) groups excluding carboxylic acids is 1. The first-order chi connectivity index (χ1) is 11.0. The van der Waals surface area contributed by atoms with Crippen molar-refractivity contribution in [3.05, 3.63) is 75.3 Å². The van der Waals surface area contributed by atoms with E-state index in [9.17, 15) is 14.9 Å². The average molecular weight is 311 g/mol. The molecule has 0 aliphatic heterocycles. The molecule has 0 unspecified atom stereocenters. The normalized spacial score (nSPS) is 11.1. The van der Waals surface area contributed by atoms with Crippen molar-refractivity contribution >= 4 is 17.3 Å². The summed E-state index contributed by atoms with van der Waals surface area (Å²) in [5.74, 6) is -0.405. The summed E-state index contributed by atoms with van der Waals surface area (Å²) in [6.45, 7) is 3.96. The molecule has 0 saturated heterocycles. The molecule has 0 aliphatic rings. The van der Waals surface area contributed by atoms with Gasteiger partial charge in [-0.3, -0.25) is 14.9 Å². The van der Waals surface area contributed by atoms with Crippen LogP contribution in [0.5, 0.6) is 0 Å². The van der Waals surface area contributed by atoms with Gasteiger partial charge in [-0.1, -0.05) is 36.8 Å². The quantitative estimate of drug-likeness (QED) is 0.521. The average Bonchev–Trinajstić information content (AvgIpc) is 2.56. The van der Waals surface area contributed by atoms with Crippen LogP contribution in [0, 0.1) is 17.0 Å². The van der Waals surface area contributed by atoms with E-state index >= 15 is 0 Å². The van der Waals surface area contributed by atoms with Crippen molar-refractivity contribution in [3.8, 4) is 0 Å². The van der Waals surface area contributed by atoms with Gasteiger partial charge in [0.25, 0.3) is 11.6 Å². The maximum atomic E-state index is 12.0. The van der Waals surface area contributed by atoms with Gasteiger partial charge in [0, 0.05) is 17.7 Å². The standard InChI is InChI=1S/C17H17N3O3/c1-3-16(13-6-4-12(2)5-7-13)18-19-17(21)14-8-10-15(11-9-14)20(22)23/h4-11H,3H2,1-2H3,(H,19,21). The van der Waals surface area contributed by atoms with Gasteiger partial charge in [-0.15, -0.1) is 0 Å². The Morgan fingerprint density at radius 3 is 2.17 bits per heavy atom. The van der Waals surface area contributed by atoms with E-state index in [-0.39, 0.29) is 5.69 Å². The van der Waals surface area contributed by atoms with E-state index in [0.29, 0.717) is 12.0 Å². The number of rotatable bonds is 5. The number of nitrogens with one attached hydrogen (secondary N) is 1. The fourth-order valence-electron chi connectivity index (χ4n) is 2.01. The van der Waals surface area contributed by atoms with E-state index in [1.165, 1.54) is 24.3 Å².